The van der Waals surface area contributed by atoms with Crippen molar-refractivity contribution >= 4 is 34.9 Å². The predicted molar refractivity (Wildman–Crippen MR) is 82.6 cm³/mol. The van der Waals surface area contributed by atoms with Gasteiger partial charge < -0.3 is 16.0 Å². The highest BCUT2D eigenvalue weighted by atomic mass is 35.5. The largest absolute Gasteiger partial charge is 0.369 e. The number of halogens is 1. The van der Waals surface area contributed by atoms with Gasteiger partial charge in [-0.15, -0.1) is 12.4 Å². The molecule has 2 heterocycles. The summed E-state index contributed by atoms with van der Waals surface area (Å²) in [5.41, 5.74) is 7.77. The van der Waals surface area contributed by atoms with Gasteiger partial charge in [-0.3, -0.25) is 9.78 Å². The number of hydrogen-bond donors (Lipinski definition) is 2. The van der Waals surface area contributed by atoms with Gasteiger partial charge in [0, 0.05) is 43.4 Å². The zero-order valence-corrected chi connectivity index (χ0v) is 11.8. The van der Waals surface area contributed by atoms with E-state index in [0.717, 1.165) is 37.1 Å². The van der Waals surface area contributed by atoms with Gasteiger partial charge in [0.2, 0.25) is 5.91 Å². The Morgan fingerprint density at radius 3 is 2.70 bits per heavy atom. The molecule has 5 nitrogen and oxygen atoms in total. The number of anilines is 1. The minimum absolute atomic E-state index is 0. The van der Waals surface area contributed by atoms with Gasteiger partial charge in [0.05, 0.1) is 11.1 Å². The topological polar surface area (TPSA) is 71.2 Å². The van der Waals surface area contributed by atoms with Gasteiger partial charge in [0.25, 0.3) is 0 Å². The van der Waals surface area contributed by atoms with E-state index in [4.69, 9.17) is 5.73 Å². The van der Waals surface area contributed by atoms with Crippen LogP contribution >= 0.6 is 12.4 Å². The summed E-state index contributed by atoms with van der Waals surface area (Å²) in [4.78, 5) is 17.8. The fraction of sp³-hybridized carbons (Fsp3) is 0.286. The van der Waals surface area contributed by atoms with E-state index in [-0.39, 0.29) is 12.4 Å². The number of rotatable bonds is 2. The first-order valence-electron chi connectivity index (χ1n) is 6.39. The quantitative estimate of drug-likeness (QED) is 0.871. The van der Waals surface area contributed by atoms with E-state index in [1.54, 1.807) is 6.07 Å². The lowest BCUT2D eigenvalue weighted by molar-refractivity contribution is 0.1000. The first-order valence-corrected chi connectivity index (χ1v) is 6.39. The van der Waals surface area contributed by atoms with E-state index in [1.165, 1.54) is 11.9 Å². The zero-order chi connectivity index (χ0) is 13.2. The van der Waals surface area contributed by atoms with Crippen molar-refractivity contribution in [2.75, 3.05) is 31.1 Å². The molecule has 1 fully saturated rings. The van der Waals surface area contributed by atoms with E-state index in [2.05, 4.69) is 27.3 Å². The van der Waals surface area contributed by atoms with Crippen LogP contribution in [0.3, 0.4) is 0 Å². The molecule has 0 atom stereocenters. The summed E-state index contributed by atoms with van der Waals surface area (Å²) in [7, 11) is 0. The first-order chi connectivity index (χ1) is 9.24. The molecular formula is C14H17ClN4O. The molecule has 1 aromatic carbocycles. The van der Waals surface area contributed by atoms with E-state index >= 15 is 0 Å². The molecule has 1 aromatic heterocycles. The van der Waals surface area contributed by atoms with Gasteiger partial charge in [-0.25, -0.2) is 0 Å². The lowest BCUT2D eigenvalue weighted by atomic mass is 10.1. The summed E-state index contributed by atoms with van der Waals surface area (Å²) in [5, 5.41) is 4.27. The van der Waals surface area contributed by atoms with E-state index in [9.17, 15) is 4.79 Å². The molecule has 0 spiro atoms. The summed E-state index contributed by atoms with van der Waals surface area (Å²) < 4.78 is 0. The average molecular weight is 293 g/mol. The summed E-state index contributed by atoms with van der Waals surface area (Å²) in [6.45, 7) is 4.02. The smallest absolute Gasteiger partial charge is 0.250 e. The number of fused-ring (bicyclic) bond motifs is 1. The lowest BCUT2D eigenvalue weighted by Gasteiger charge is -2.29. The van der Waals surface area contributed by atoms with Crippen LogP contribution in [0.1, 0.15) is 10.4 Å². The van der Waals surface area contributed by atoms with Crippen molar-refractivity contribution in [1.82, 2.24) is 10.3 Å². The molecule has 3 rings (SSSR count). The highest BCUT2D eigenvalue weighted by Gasteiger charge is 2.11. The Bertz CT molecular complexity index is 626. The van der Waals surface area contributed by atoms with Crippen LogP contribution < -0.4 is 16.0 Å². The Labute approximate surface area is 123 Å². The monoisotopic (exact) mass is 292 g/mol. The molecular weight excluding hydrogens is 276 g/mol. The number of nitrogens with two attached hydrogens (primary N) is 1. The van der Waals surface area contributed by atoms with Crippen molar-refractivity contribution in [2.24, 2.45) is 5.73 Å². The molecule has 3 N–H and O–H groups in total. The third kappa shape index (κ3) is 2.84. The van der Waals surface area contributed by atoms with Crippen molar-refractivity contribution < 1.29 is 4.79 Å². The summed E-state index contributed by atoms with van der Waals surface area (Å²) >= 11 is 0. The standard InChI is InChI=1S/C14H16N4O.ClH/c15-14(19)11-7-10-1-2-12(8-13(10)17-9-11)18-5-3-16-4-6-18;/h1-2,7-9,16H,3-6H2,(H2,15,19);1H. The first kappa shape index (κ1) is 14.6. The highest BCUT2D eigenvalue weighted by molar-refractivity contribution is 5.96. The fourth-order valence-corrected chi connectivity index (χ4v) is 2.36. The van der Waals surface area contributed by atoms with E-state index in [1.807, 2.05) is 6.07 Å². The third-order valence-corrected chi connectivity index (χ3v) is 3.43. The van der Waals surface area contributed by atoms with Crippen LogP contribution in [0.25, 0.3) is 10.9 Å². The molecule has 0 saturated carbocycles. The molecule has 2 aromatic rings. The Hall–Kier alpha value is -1.85. The number of aromatic nitrogens is 1. The van der Waals surface area contributed by atoms with Crippen molar-refractivity contribution in [2.45, 2.75) is 0 Å². The minimum atomic E-state index is -0.444. The Morgan fingerprint density at radius 1 is 1.25 bits per heavy atom. The zero-order valence-electron chi connectivity index (χ0n) is 11.0. The average Bonchev–Trinajstić information content (AvgIpc) is 2.47. The predicted octanol–water partition coefficient (Wildman–Crippen LogP) is 1.17. The number of nitrogens with one attached hydrogen (secondary N) is 1. The maximum absolute atomic E-state index is 11.1. The number of nitrogens with zero attached hydrogens (tertiary/aromatic N) is 2. The van der Waals surface area contributed by atoms with Crippen LogP contribution in [0, 0.1) is 0 Å². The number of pyridine rings is 1. The number of amides is 1. The van der Waals surface area contributed by atoms with Crippen molar-refractivity contribution in [3.63, 3.8) is 0 Å². The number of hydrogen-bond acceptors (Lipinski definition) is 4. The SMILES string of the molecule is Cl.NC(=O)c1cnc2cc(N3CCNCC3)ccc2c1. The van der Waals surface area contributed by atoms with Gasteiger partial charge in [0.15, 0.2) is 0 Å². The van der Waals surface area contributed by atoms with Gasteiger partial charge in [0.1, 0.15) is 0 Å². The number of carbonyl (C=O) groups excluding carboxylic acids is 1. The van der Waals surface area contributed by atoms with Crippen LogP contribution in [0.5, 0.6) is 0 Å². The van der Waals surface area contributed by atoms with Gasteiger partial charge in [-0.1, -0.05) is 6.07 Å². The third-order valence-electron chi connectivity index (χ3n) is 3.43. The van der Waals surface area contributed by atoms with Gasteiger partial charge in [-0.2, -0.15) is 0 Å². The lowest BCUT2D eigenvalue weighted by Crippen LogP contribution is -2.43. The molecule has 1 aliphatic rings. The Balaban J connectivity index is 0.00000147. The second-order valence-electron chi connectivity index (χ2n) is 4.70. The Morgan fingerprint density at radius 2 is 2.00 bits per heavy atom. The number of primary amides is 1. The molecule has 0 aliphatic carbocycles. The van der Waals surface area contributed by atoms with Gasteiger partial charge >= 0.3 is 0 Å². The second-order valence-corrected chi connectivity index (χ2v) is 4.70. The molecule has 1 aliphatic heterocycles. The van der Waals surface area contributed by atoms with Crippen LogP contribution in [-0.2, 0) is 0 Å². The second kappa shape index (κ2) is 6.07. The van der Waals surface area contributed by atoms with Gasteiger partial charge in [-0.05, 0) is 18.2 Å². The van der Waals surface area contributed by atoms with E-state index in [0.29, 0.717) is 5.56 Å². The van der Waals surface area contributed by atoms with Crippen LogP contribution in [0.2, 0.25) is 0 Å². The van der Waals surface area contributed by atoms with Crippen LogP contribution in [-0.4, -0.2) is 37.1 Å². The van der Waals surface area contributed by atoms with Crippen molar-refractivity contribution in [3.05, 3.63) is 36.0 Å². The maximum Gasteiger partial charge on any atom is 0.250 e. The highest BCUT2D eigenvalue weighted by Crippen LogP contribution is 2.21. The minimum Gasteiger partial charge on any atom is -0.369 e. The molecule has 6 heteroatoms. The molecule has 1 amide bonds. The Kier molecular flexibility index (Phi) is 4.42. The molecule has 106 valence electrons. The molecule has 20 heavy (non-hydrogen) atoms. The number of carbonyl (C=O) groups is 1. The summed E-state index contributed by atoms with van der Waals surface area (Å²) in [6.07, 6.45) is 1.53. The van der Waals surface area contributed by atoms with Crippen LogP contribution in [0.15, 0.2) is 30.5 Å². The van der Waals surface area contributed by atoms with E-state index < -0.39 is 5.91 Å². The maximum atomic E-state index is 11.1. The molecule has 1 saturated heterocycles. The van der Waals surface area contributed by atoms with Crippen molar-refractivity contribution in [1.29, 1.82) is 0 Å². The fourth-order valence-electron chi connectivity index (χ4n) is 2.36. The molecule has 0 bridgehead atoms. The van der Waals surface area contributed by atoms with Crippen LogP contribution in [0.4, 0.5) is 5.69 Å². The van der Waals surface area contributed by atoms with Crippen molar-refractivity contribution in [3.8, 4) is 0 Å². The number of piperazine rings is 1. The normalized spacial score (nSPS) is 14.9. The summed E-state index contributed by atoms with van der Waals surface area (Å²) in [6, 6.07) is 7.91. The summed E-state index contributed by atoms with van der Waals surface area (Å²) in [5.74, 6) is -0.444. The molecule has 0 unspecified atom stereocenters. The molecule has 0 radical (unpaired) electrons. The number of benzene rings is 1.